The van der Waals surface area contributed by atoms with Crippen molar-refractivity contribution in [2.24, 2.45) is 11.3 Å². The third kappa shape index (κ3) is 1.85. The van der Waals surface area contributed by atoms with Crippen molar-refractivity contribution in [2.75, 3.05) is 0 Å². The third-order valence-electron chi connectivity index (χ3n) is 3.97. The van der Waals surface area contributed by atoms with Crippen LogP contribution in [0.2, 0.25) is 5.82 Å². The number of carbonyl (C=O) groups excluding carboxylic acids is 1. The quantitative estimate of drug-likeness (QED) is 0.749. The molecule has 1 heterocycles. The Morgan fingerprint density at radius 3 is 2.50 bits per heavy atom. The van der Waals surface area contributed by atoms with Crippen LogP contribution in [0.1, 0.15) is 32.1 Å². The van der Waals surface area contributed by atoms with Gasteiger partial charge in [0.15, 0.2) is 0 Å². The normalized spacial score (nSPS) is 26.4. The molecular weight excluding hydrogens is 293 g/mol. The molecule has 0 aromatic heterocycles. The average Bonchev–Trinajstić information content (AvgIpc) is 2.39. The van der Waals surface area contributed by atoms with Gasteiger partial charge in [0.1, 0.15) is 0 Å². The van der Waals surface area contributed by atoms with Gasteiger partial charge in [0, 0.05) is 0 Å². The second kappa shape index (κ2) is 5.14. The molecule has 1 fully saturated rings. The summed E-state index contributed by atoms with van der Waals surface area (Å²) in [5, 5.41) is 21.5. The summed E-state index contributed by atoms with van der Waals surface area (Å²) in [6.07, 6.45) is 4.72. The monoisotopic (exact) mass is 309 g/mol. The van der Waals surface area contributed by atoms with E-state index < -0.39 is 11.3 Å². The van der Waals surface area contributed by atoms with Gasteiger partial charge in [0.25, 0.3) is 0 Å². The first-order valence-corrected chi connectivity index (χ1v) is 8.66. The molecule has 0 radical (unpaired) electrons. The molecule has 1 amide bonds. The minimum absolute atomic E-state index is 0.0750. The van der Waals surface area contributed by atoms with E-state index in [-0.39, 0.29) is 20.9 Å². The average molecular weight is 308 g/mol. The molecule has 0 saturated heterocycles. The van der Waals surface area contributed by atoms with Crippen LogP contribution in [-0.4, -0.2) is 20.9 Å². The van der Waals surface area contributed by atoms with Crippen molar-refractivity contribution in [3.63, 3.8) is 0 Å². The van der Waals surface area contributed by atoms with E-state index in [0.29, 0.717) is 5.57 Å². The maximum atomic E-state index is 12.1. The third-order valence-corrected chi connectivity index (χ3v) is 5.47. The summed E-state index contributed by atoms with van der Waals surface area (Å²) in [7, 11) is 0. The molecule has 0 bridgehead atoms. The van der Waals surface area contributed by atoms with E-state index in [0.717, 1.165) is 36.7 Å². The van der Waals surface area contributed by atoms with Gasteiger partial charge < -0.3 is 0 Å². The summed E-state index contributed by atoms with van der Waals surface area (Å²) in [4.78, 5) is 12.1. The second-order valence-corrected chi connectivity index (χ2v) is 6.50. The first-order valence-electron chi connectivity index (χ1n) is 6.09. The number of carbonyl (C=O) groups is 1. The zero-order valence-corrected chi connectivity index (χ0v) is 12.0. The van der Waals surface area contributed by atoms with Gasteiger partial charge in [-0.15, -0.1) is 0 Å². The number of allylic oxidation sites excluding steroid dienone is 1. The molecular formula is C13H15N3OSe. The van der Waals surface area contributed by atoms with Crippen LogP contribution in [0.4, 0.5) is 0 Å². The fraction of sp³-hybridized carbons (Fsp3) is 0.615. The molecule has 1 spiro atoms. The Morgan fingerprint density at radius 2 is 2.00 bits per heavy atom. The molecule has 5 heteroatoms. The Hall–Kier alpha value is -1.29. The standard InChI is InChI=1S/C13H15N3OSe/c1-18-12-10(8-15)13(5-3-2-4-6-13)9(7-14)11(17)16-12/h9H,2-6H2,1H3,(H,16,17). The van der Waals surface area contributed by atoms with E-state index in [1.54, 1.807) is 0 Å². The number of nitriles is 2. The van der Waals surface area contributed by atoms with Gasteiger partial charge in [-0.3, -0.25) is 0 Å². The first kappa shape index (κ1) is 13.1. The van der Waals surface area contributed by atoms with Gasteiger partial charge in [-0.2, -0.15) is 0 Å². The number of amides is 1. The fourth-order valence-corrected chi connectivity index (χ4v) is 4.46. The molecule has 2 rings (SSSR count). The van der Waals surface area contributed by atoms with Gasteiger partial charge >= 0.3 is 113 Å². The maximum absolute atomic E-state index is 12.1. The summed E-state index contributed by atoms with van der Waals surface area (Å²) < 4.78 is 0.781. The molecule has 1 saturated carbocycles. The number of rotatable bonds is 1. The van der Waals surface area contributed by atoms with E-state index >= 15 is 0 Å². The zero-order valence-electron chi connectivity index (χ0n) is 10.3. The van der Waals surface area contributed by atoms with Crippen LogP contribution >= 0.6 is 0 Å². The Balaban J connectivity index is 2.57. The number of hydrogen-bond acceptors (Lipinski definition) is 3. The van der Waals surface area contributed by atoms with Crippen LogP contribution in [-0.2, 0) is 4.79 Å². The van der Waals surface area contributed by atoms with Gasteiger partial charge in [-0.05, 0) is 0 Å². The molecule has 0 aromatic rings. The van der Waals surface area contributed by atoms with Gasteiger partial charge in [0.2, 0.25) is 0 Å². The molecule has 1 atom stereocenters. The van der Waals surface area contributed by atoms with Crippen LogP contribution in [0.15, 0.2) is 10.2 Å². The fourth-order valence-electron chi connectivity index (χ4n) is 3.09. The van der Waals surface area contributed by atoms with Crippen molar-refractivity contribution in [3.8, 4) is 12.1 Å². The molecule has 4 nitrogen and oxygen atoms in total. The Bertz CT molecular complexity index is 477. The van der Waals surface area contributed by atoms with E-state index in [9.17, 15) is 15.3 Å². The van der Waals surface area contributed by atoms with Gasteiger partial charge in [-0.1, -0.05) is 0 Å². The predicted octanol–water partition coefficient (Wildman–Crippen LogP) is 1.69. The summed E-state index contributed by atoms with van der Waals surface area (Å²) in [6, 6.07) is 4.41. The molecule has 1 aliphatic carbocycles. The Morgan fingerprint density at radius 1 is 1.33 bits per heavy atom. The molecule has 1 unspecified atom stereocenters. The van der Waals surface area contributed by atoms with Crippen molar-refractivity contribution in [1.82, 2.24) is 5.32 Å². The van der Waals surface area contributed by atoms with Crippen LogP contribution in [0, 0.1) is 34.0 Å². The number of nitrogens with zero attached hydrogens (tertiary/aromatic N) is 2. The van der Waals surface area contributed by atoms with Gasteiger partial charge in [0.05, 0.1) is 0 Å². The minimum atomic E-state index is -0.696. The van der Waals surface area contributed by atoms with Crippen LogP contribution < -0.4 is 5.32 Å². The summed E-state index contributed by atoms with van der Waals surface area (Å²) in [5.41, 5.74) is 0.174. The topological polar surface area (TPSA) is 76.7 Å². The van der Waals surface area contributed by atoms with Gasteiger partial charge in [-0.25, -0.2) is 0 Å². The Kier molecular flexibility index (Phi) is 3.76. The summed E-state index contributed by atoms with van der Waals surface area (Å²) in [5.74, 6) is 1.08. The number of hydrogen-bond donors (Lipinski definition) is 1. The number of nitrogens with one attached hydrogen (secondary N) is 1. The predicted molar refractivity (Wildman–Crippen MR) is 67.0 cm³/mol. The molecule has 94 valence electrons. The molecule has 1 aliphatic heterocycles. The second-order valence-electron chi connectivity index (χ2n) is 4.79. The Labute approximate surface area is 113 Å². The van der Waals surface area contributed by atoms with Crippen LogP contribution in [0.5, 0.6) is 0 Å². The van der Waals surface area contributed by atoms with Crippen molar-refractivity contribution in [2.45, 2.75) is 37.9 Å². The van der Waals surface area contributed by atoms with E-state index in [1.165, 1.54) is 0 Å². The van der Waals surface area contributed by atoms with E-state index in [1.807, 2.05) is 5.82 Å². The SMILES string of the molecule is C[Se]C1=C(C#N)C2(CCCCC2)C(C#N)C(=O)N1. The van der Waals surface area contributed by atoms with E-state index in [2.05, 4.69) is 17.5 Å². The molecule has 18 heavy (non-hydrogen) atoms. The molecule has 1 N–H and O–H groups in total. The van der Waals surface area contributed by atoms with E-state index in [4.69, 9.17) is 0 Å². The van der Waals surface area contributed by atoms with Crippen molar-refractivity contribution in [1.29, 1.82) is 10.5 Å². The first-order chi connectivity index (χ1) is 8.69. The van der Waals surface area contributed by atoms with Crippen molar-refractivity contribution >= 4 is 20.9 Å². The van der Waals surface area contributed by atoms with Crippen molar-refractivity contribution < 1.29 is 4.79 Å². The molecule has 2 aliphatic rings. The van der Waals surface area contributed by atoms with Crippen LogP contribution in [0.25, 0.3) is 0 Å². The summed E-state index contributed by atoms with van der Waals surface area (Å²) in [6.45, 7) is 0. The zero-order chi connectivity index (χ0) is 13.2. The van der Waals surface area contributed by atoms with Crippen LogP contribution in [0.3, 0.4) is 0 Å². The summed E-state index contributed by atoms with van der Waals surface area (Å²) >= 11 is 0.0750. The van der Waals surface area contributed by atoms with Crippen molar-refractivity contribution in [3.05, 3.63) is 10.2 Å². The molecule has 0 aromatic carbocycles.